The van der Waals surface area contributed by atoms with Gasteiger partial charge in [-0.3, -0.25) is 4.72 Å². The van der Waals surface area contributed by atoms with Gasteiger partial charge in [0.1, 0.15) is 5.82 Å². The molecule has 0 amide bonds. The van der Waals surface area contributed by atoms with Crippen LogP contribution in [0.5, 0.6) is 0 Å². The molecule has 2 aliphatic carbocycles. The molecule has 0 unspecified atom stereocenters. The van der Waals surface area contributed by atoms with E-state index in [1.165, 1.54) is 24.3 Å². The maximum atomic E-state index is 13.0. The zero-order valence-electron chi connectivity index (χ0n) is 16.9. The molecule has 0 aliphatic heterocycles. The van der Waals surface area contributed by atoms with E-state index in [-0.39, 0.29) is 11.3 Å². The number of rotatable bonds is 8. The fourth-order valence-corrected chi connectivity index (χ4v) is 4.53. The van der Waals surface area contributed by atoms with Gasteiger partial charge in [-0.05, 0) is 71.3 Å². The summed E-state index contributed by atoms with van der Waals surface area (Å²) in [4.78, 5) is 11.7. The molecule has 0 bridgehead atoms. The predicted molar refractivity (Wildman–Crippen MR) is 116 cm³/mol. The number of halogens is 1. The van der Waals surface area contributed by atoms with Crippen molar-refractivity contribution in [3.63, 3.8) is 0 Å². The van der Waals surface area contributed by atoms with Crippen molar-refractivity contribution in [1.82, 2.24) is 0 Å². The van der Waals surface area contributed by atoms with Crippen molar-refractivity contribution in [1.29, 1.82) is 0 Å². The SMILES string of the molecule is CC(C)c1ccc2c(CCCS(=O)(=O)Nc3ccc(F)cc3)cc(C(=O)O)c-2cc1. The summed E-state index contributed by atoms with van der Waals surface area (Å²) in [6, 6.07) is 14.4. The van der Waals surface area contributed by atoms with E-state index in [9.17, 15) is 22.7 Å². The molecule has 0 aromatic heterocycles. The van der Waals surface area contributed by atoms with Gasteiger partial charge in [0, 0.05) is 5.69 Å². The standard InChI is InChI=1S/C23H24FNO4S/c1-15(2)16-5-11-20-17(14-22(23(26)27)21(20)12-6-16)4-3-13-30(28,29)25-19-9-7-18(24)8-10-19/h5-12,14-15,25H,3-4,13H2,1-2H3,(H,26,27). The van der Waals surface area contributed by atoms with Gasteiger partial charge >= 0.3 is 5.97 Å². The van der Waals surface area contributed by atoms with Gasteiger partial charge in [0.25, 0.3) is 0 Å². The van der Waals surface area contributed by atoms with Crippen LogP contribution < -0.4 is 4.72 Å². The van der Waals surface area contributed by atoms with Gasteiger partial charge in [-0.2, -0.15) is 0 Å². The number of carbonyl (C=O) groups is 1. The van der Waals surface area contributed by atoms with Crippen LogP contribution in [0.25, 0.3) is 11.1 Å². The zero-order chi connectivity index (χ0) is 21.9. The zero-order valence-corrected chi connectivity index (χ0v) is 17.7. The van der Waals surface area contributed by atoms with Crippen LogP contribution in [0.3, 0.4) is 0 Å². The van der Waals surface area contributed by atoms with Crippen LogP contribution in [-0.2, 0) is 16.4 Å². The first-order chi connectivity index (χ1) is 14.2. The summed E-state index contributed by atoms with van der Waals surface area (Å²) in [5.41, 5.74) is 3.90. The molecular formula is C23H24FNO4S. The van der Waals surface area contributed by atoms with Crippen molar-refractivity contribution < 1.29 is 22.7 Å². The fourth-order valence-electron chi connectivity index (χ4n) is 3.41. The molecule has 0 atom stereocenters. The Balaban J connectivity index is 1.77. The number of hydrogen-bond donors (Lipinski definition) is 2. The minimum atomic E-state index is -3.60. The second-order valence-corrected chi connectivity index (χ2v) is 9.41. The molecule has 7 heteroatoms. The number of hydrogen-bond acceptors (Lipinski definition) is 3. The summed E-state index contributed by atoms with van der Waals surface area (Å²) in [7, 11) is -3.60. The highest BCUT2D eigenvalue weighted by Gasteiger charge is 2.20. The van der Waals surface area contributed by atoms with E-state index in [1.54, 1.807) is 6.07 Å². The molecule has 0 saturated carbocycles. The Bertz CT molecular complexity index is 1120. The summed E-state index contributed by atoms with van der Waals surface area (Å²) in [5.74, 6) is -1.27. The Morgan fingerprint density at radius 1 is 1.03 bits per heavy atom. The molecule has 1 aromatic rings. The van der Waals surface area contributed by atoms with E-state index < -0.39 is 21.8 Å². The smallest absolute Gasteiger partial charge is 0.336 e. The van der Waals surface area contributed by atoms with Crippen LogP contribution in [0.2, 0.25) is 0 Å². The average molecular weight is 430 g/mol. The normalized spacial score (nSPS) is 11.7. The quantitative estimate of drug-likeness (QED) is 0.520. The summed E-state index contributed by atoms with van der Waals surface area (Å²) < 4.78 is 40.0. The first kappa shape index (κ1) is 21.8. The molecule has 0 saturated heterocycles. The topological polar surface area (TPSA) is 83.5 Å². The van der Waals surface area contributed by atoms with Gasteiger partial charge in [-0.15, -0.1) is 0 Å². The lowest BCUT2D eigenvalue weighted by Crippen LogP contribution is -2.17. The summed E-state index contributed by atoms with van der Waals surface area (Å²) in [5, 5.41) is 9.56. The van der Waals surface area contributed by atoms with Crippen LogP contribution in [0.1, 0.15) is 47.7 Å². The minimum absolute atomic E-state index is 0.129. The number of nitrogens with one attached hydrogen (secondary N) is 1. The van der Waals surface area contributed by atoms with Gasteiger partial charge in [0.05, 0.1) is 11.3 Å². The molecule has 0 radical (unpaired) electrons. The number of carboxylic acids is 1. The lowest BCUT2D eigenvalue weighted by molar-refractivity contribution is 0.0698. The largest absolute Gasteiger partial charge is 0.478 e. The van der Waals surface area contributed by atoms with Crippen molar-refractivity contribution >= 4 is 21.7 Å². The van der Waals surface area contributed by atoms with Crippen molar-refractivity contribution in [3.8, 4) is 11.1 Å². The first-order valence-corrected chi connectivity index (χ1v) is 11.4. The molecule has 0 fully saturated rings. The van der Waals surface area contributed by atoms with Crippen LogP contribution in [0.15, 0.2) is 54.6 Å². The van der Waals surface area contributed by atoms with Crippen LogP contribution in [-0.4, -0.2) is 25.2 Å². The highest BCUT2D eigenvalue weighted by molar-refractivity contribution is 7.92. The van der Waals surface area contributed by atoms with E-state index in [2.05, 4.69) is 18.6 Å². The molecule has 3 rings (SSSR count). The Morgan fingerprint density at radius 2 is 1.67 bits per heavy atom. The first-order valence-electron chi connectivity index (χ1n) is 9.71. The number of anilines is 1. The molecule has 5 nitrogen and oxygen atoms in total. The third-order valence-corrected chi connectivity index (χ3v) is 6.38. The van der Waals surface area contributed by atoms with Gasteiger partial charge in [-0.25, -0.2) is 17.6 Å². The number of aromatic carboxylic acids is 1. The van der Waals surface area contributed by atoms with Gasteiger partial charge in [0.2, 0.25) is 10.0 Å². The number of aryl methyl sites for hydroxylation is 1. The van der Waals surface area contributed by atoms with E-state index in [1.807, 2.05) is 24.3 Å². The van der Waals surface area contributed by atoms with Crippen LogP contribution in [0.4, 0.5) is 10.1 Å². The van der Waals surface area contributed by atoms with Gasteiger partial charge in [-0.1, -0.05) is 38.1 Å². The average Bonchev–Trinajstić information content (AvgIpc) is 2.86. The summed E-state index contributed by atoms with van der Waals surface area (Å²) >= 11 is 0. The lowest BCUT2D eigenvalue weighted by Gasteiger charge is -2.08. The minimum Gasteiger partial charge on any atom is -0.478 e. The number of sulfonamides is 1. The van der Waals surface area contributed by atoms with Crippen LogP contribution in [0, 0.1) is 5.82 Å². The predicted octanol–water partition coefficient (Wildman–Crippen LogP) is 5.13. The van der Waals surface area contributed by atoms with E-state index in [4.69, 9.17) is 0 Å². The third-order valence-electron chi connectivity index (χ3n) is 5.00. The van der Waals surface area contributed by atoms with E-state index >= 15 is 0 Å². The Morgan fingerprint density at radius 3 is 2.27 bits per heavy atom. The number of carboxylic acid groups (broad SMARTS) is 1. The molecule has 158 valence electrons. The fraction of sp³-hybridized carbons (Fsp3) is 0.261. The Labute approximate surface area is 176 Å². The van der Waals surface area contributed by atoms with Crippen molar-refractivity contribution in [3.05, 3.63) is 77.1 Å². The Kier molecular flexibility index (Phi) is 6.41. The van der Waals surface area contributed by atoms with Gasteiger partial charge < -0.3 is 5.11 Å². The Hall–Kier alpha value is -2.93. The maximum absolute atomic E-state index is 13.0. The van der Waals surface area contributed by atoms with E-state index in [0.717, 1.165) is 16.7 Å². The lowest BCUT2D eigenvalue weighted by atomic mass is 10.1. The molecule has 0 spiro atoms. The molecule has 30 heavy (non-hydrogen) atoms. The monoisotopic (exact) mass is 429 g/mol. The molecule has 0 heterocycles. The van der Waals surface area contributed by atoms with Crippen LogP contribution >= 0.6 is 0 Å². The van der Waals surface area contributed by atoms with Gasteiger partial charge in [0.15, 0.2) is 0 Å². The molecular weight excluding hydrogens is 405 g/mol. The second kappa shape index (κ2) is 8.83. The molecule has 2 aliphatic rings. The summed E-state index contributed by atoms with van der Waals surface area (Å²) in [6.45, 7) is 4.13. The van der Waals surface area contributed by atoms with E-state index in [0.29, 0.717) is 30.0 Å². The maximum Gasteiger partial charge on any atom is 0.336 e. The summed E-state index contributed by atoms with van der Waals surface area (Å²) in [6.07, 6.45) is 0.749. The van der Waals surface area contributed by atoms with Crippen molar-refractivity contribution in [2.45, 2.75) is 32.6 Å². The second-order valence-electron chi connectivity index (χ2n) is 7.57. The van der Waals surface area contributed by atoms with Crippen molar-refractivity contribution in [2.75, 3.05) is 10.5 Å². The third kappa shape index (κ3) is 5.16. The highest BCUT2D eigenvalue weighted by atomic mass is 32.2. The number of fused-ring (bicyclic) bond motifs is 1. The molecule has 2 N–H and O–H groups in total. The highest BCUT2D eigenvalue weighted by Crippen LogP contribution is 2.34. The molecule has 1 aromatic carbocycles. The number of benzene rings is 1. The van der Waals surface area contributed by atoms with Crippen molar-refractivity contribution in [2.24, 2.45) is 0 Å².